The number of likely N-dealkylation sites (N-methyl/N-ethyl adjacent to an activating group) is 1. The topological polar surface area (TPSA) is 126 Å². The zero-order chi connectivity index (χ0) is 20.5. The van der Waals surface area contributed by atoms with Gasteiger partial charge in [-0.2, -0.15) is 0 Å². The van der Waals surface area contributed by atoms with Crippen LogP contribution < -0.4 is 5.32 Å². The molecule has 1 aromatic heterocycles. The third-order valence-corrected chi connectivity index (χ3v) is 5.24. The molecule has 1 fully saturated rings. The molecule has 10 heteroatoms. The van der Waals surface area contributed by atoms with Crippen LogP contribution in [-0.4, -0.2) is 63.6 Å². The third kappa shape index (κ3) is 3.30. The van der Waals surface area contributed by atoms with Crippen molar-refractivity contribution in [3.05, 3.63) is 24.3 Å². The number of carbonyl (C=O) groups excluding carboxylic acids is 2. The van der Waals surface area contributed by atoms with Crippen LogP contribution >= 0.6 is 0 Å². The Morgan fingerprint density at radius 3 is 2.79 bits per heavy atom. The average Bonchev–Trinajstić information content (AvgIpc) is 3.22. The molecular weight excluding hydrogens is 374 g/mol. The molecule has 0 bridgehead atoms. The van der Waals surface area contributed by atoms with Crippen LogP contribution in [0.4, 0.5) is 10.5 Å². The van der Waals surface area contributed by atoms with Crippen molar-refractivity contribution in [3.63, 3.8) is 0 Å². The van der Waals surface area contributed by atoms with Gasteiger partial charge < -0.3 is 19.9 Å². The smallest absolute Gasteiger partial charge is 0.325 e. The van der Waals surface area contributed by atoms with Crippen molar-refractivity contribution in [2.75, 3.05) is 13.6 Å². The summed E-state index contributed by atoms with van der Waals surface area (Å²) in [4.78, 5) is 35.0. The predicted octanol–water partition coefficient (Wildman–Crippen LogP) is 2.70. The van der Waals surface area contributed by atoms with Crippen molar-refractivity contribution in [1.82, 2.24) is 20.1 Å². The normalized spacial score (nSPS) is 21.8. The predicted molar refractivity (Wildman–Crippen MR) is 107 cm³/mol. The Hall–Kier alpha value is -3.43. The second kappa shape index (κ2) is 7.53. The van der Waals surface area contributed by atoms with E-state index in [1.807, 2.05) is 24.3 Å². The maximum absolute atomic E-state index is 12.5. The van der Waals surface area contributed by atoms with E-state index >= 15 is 0 Å². The lowest BCUT2D eigenvalue weighted by atomic mass is 10.1. The highest BCUT2D eigenvalue weighted by Crippen LogP contribution is 2.35. The van der Waals surface area contributed by atoms with Crippen LogP contribution in [0.1, 0.15) is 26.2 Å². The average molecular weight is 397 g/mol. The summed E-state index contributed by atoms with van der Waals surface area (Å²) in [7, 11) is 1.60. The number of unbranched alkanes of at least 4 members (excludes halogenated alkanes) is 2. The van der Waals surface area contributed by atoms with Gasteiger partial charge in [-0.1, -0.05) is 38.0 Å². The van der Waals surface area contributed by atoms with E-state index in [0.717, 1.165) is 30.2 Å². The molecule has 2 aromatic rings. The number of carbonyl (C=O) groups is 2. The van der Waals surface area contributed by atoms with E-state index in [4.69, 9.17) is 0 Å². The Bertz CT molecular complexity index is 1010. The summed E-state index contributed by atoms with van der Waals surface area (Å²) in [6, 6.07) is 6.23. The van der Waals surface area contributed by atoms with Gasteiger partial charge in [0.25, 0.3) is 5.91 Å². The number of hydrogen-bond donors (Lipinski definition) is 3. The zero-order valence-corrected chi connectivity index (χ0v) is 16.3. The summed E-state index contributed by atoms with van der Waals surface area (Å²) >= 11 is 0. The number of nitrogens with one attached hydrogen (secondary N) is 2. The molecule has 2 aliphatic heterocycles. The van der Waals surface area contributed by atoms with E-state index in [1.54, 1.807) is 11.9 Å². The van der Waals surface area contributed by atoms with E-state index in [9.17, 15) is 14.7 Å². The molecule has 0 radical (unpaired) electrons. The molecule has 3 N–H and O–H groups in total. The summed E-state index contributed by atoms with van der Waals surface area (Å²) in [5.41, 5.74) is 1.05. The number of hydrogen-bond acceptors (Lipinski definition) is 7. The Kier molecular flexibility index (Phi) is 4.91. The summed E-state index contributed by atoms with van der Waals surface area (Å²) in [5, 5.41) is 21.8. The molecule has 0 aliphatic carbocycles. The number of H-pyrrole nitrogens is 1. The summed E-state index contributed by atoms with van der Waals surface area (Å²) < 4.78 is 0. The lowest BCUT2D eigenvalue weighted by Gasteiger charge is -2.35. The summed E-state index contributed by atoms with van der Waals surface area (Å²) in [6.45, 7) is 2.67. The van der Waals surface area contributed by atoms with Gasteiger partial charge in [0, 0.05) is 19.0 Å². The van der Waals surface area contributed by atoms with Crippen LogP contribution in [0.2, 0.25) is 0 Å². The van der Waals surface area contributed by atoms with E-state index in [-0.39, 0.29) is 11.8 Å². The van der Waals surface area contributed by atoms with Gasteiger partial charge >= 0.3 is 6.03 Å². The maximum atomic E-state index is 12.5. The first-order chi connectivity index (χ1) is 14.0. The minimum atomic E-state index is -0.650. The number of aromatic hydroxyl groups is 1. The first kappa shape index (κ1) is 18.9. The molecule has 0 spiro atoms. The number of azo groups is 1. The molecule has 10 nitrogen and oxygen atoms in total. The lowest BCUT2D eigenvalue weighted by Crippen LogP contribution is -2.63. The first-order valence-electron chi connectivity index (χ1n) is 9.64. The molecule has 29 heavy (non-hydrogen) atoms. The number of nitrogens with zero attached hydrogens (tertiary/aromatic N) is 5. The Labute approximate surface area is 167 Å². The fourth-order valence-electron chi connectivity index (χ4n) is 3.67. The van der Waals surface area contributed by atoms with Crippen LogP contribution in [0.25, 0.3) is 10.9 Å². The molecule has 2 unspecified atom stereocenters. The molecule has 152 valence electrons. The van der Waals surface area contributed by atoms with E-state index in [2.05, 4.69) is 32.4 Å². The molecule has 1 saturated heterocycles. The Balaban J connectivity index is 1.67. The van der Waals surface area contributed by atoms with Gasteiger partial charge in [0.1, 0.15) is 0 Å². The quantitative estimate of drug-likeness (QED) is 0.530. The molecule has 3 amide bonds. The number of urea groups is 1. The second-order valence-electron chi connectivity index (χ2n) is 7.16. The molecule has 2 atom stereocenters. The van der Waals surface area contributed by atoms with Gasteiger partial charge in [-0.3, -0.25) is 10.1 Å². The van der Waals surface area contributed by atoms with Crippen LogP contribution in [0, 0.1) is 0 Å². The number of para-hydroxylation sites is 1. The minimum absolute atomic E-state index is 0.0893. The zero-order valence-electron chi connectivity index (χ0n) is 16.3. The lowest BCUT2D eigenvalue weighted by molar-refractivity contribution is -0.127. The molecule has 3 heterocycles. The van der Waals surface area contributed by atoms with Gasteiger partial charge in [0.15, 0.2) is 17.9 Å². The second-order valence-corrected chi connectivity index (χ2v) is 7.16. The van der Waals surface area contributed by atoms with Gasteiger partial charge in [0.2, 0.25) is 11.8 Å². The van der Waals surface area contributed by atoms with E-state index in [0.29, 0.717) is 12.2 Å². The number of aromatic amines is 1. The summed E-state index contributed by atoms with van der Waals surface area (Å²) in [5.74, 6) is -0.204. The molecule has 2 aliphatic rings. The summed E-state index contributed by atoms with van der Waals surface area (Å²) in [6.07, 6.45) is 2.24. The van der Waals surface area contributed by atoms with Crippen molar-refractivity contribution in [3.8, 4) is 5.88 Å². The van der Waals surface area contributed by atoms with Gasteiger partial charge in [-0.05, 0) is 12.5 Å². The van der Waals surface area contributed by atoms with Crippen LogP contribution in [0.3, 0.4) is 0 Å². The highest BCUT2D eigenvalue weighted by molar-refractivity contribution is 6.04. The van der Waals surface area contributed by atoms with E-state index < -0.39 is 24.1 Å². The van der Waals surface area contributed by atoms with Crippen molar-refractivity contribution in [2.24, 2.45) is 15.2 Å². The number of guanidine groups is 1. The molecule has 0 saturated carbocycles. The van der Waals surface area contributed by atoms with Crippen LogP contribution in [0.5, 0.6) is 5.88 Å². The number of aromatic nitrogens is 1. The van der Waals surface area contributed by atoms with Gasteiger partial charge in [-0.15, -0.1) is 10.2 Å². The number of imide groups is 1. The number of aliphatic imine (C=N–C) groups is 1. The van der Waals surface area contributed by atoms with Crippen LogP contribution in [0.15, 0.2) is 39.5 Å². The highest BCUT2D eigenvalue weighted by atomic mass is 16.3. The molecular formula is C19H23N7O3. The fourth-order valence-corrected chi connectivity index (χ4v) is 3.67. The largest absolute Gasteiger partial charge is 0.493 e. The highest BCUT2D eigenvalue weighted by Gasteiger charge is 2.48. The fraction of sp³-hybridized carbons (Fsp3) is 0.421. The monoisotopic (exact) mass is 397 g/mol. The SMILES string of the molecule is CCCCCN1C(N=Nc2c(O)[nH]c3ccccc23)=NC2C1C(=O)NC(=O)N2C. The number of fused-ring (bicyclic) bond motifs is 2. The number of amides is 3. The van der Waals surface area contributed by atoms with Gasteiger partial charge in [0.05, 0.1) is 5.52 Å². The van der Waals surface area contributed by atoms with Crippen molar-refractivity contribution in [1.29, 1.82) is 0 Å². The molecule has 1 aromatic carbocycles. The van der Waals surface area contributed by atoms with Crippen molar-refractivity contribution in [2.45, 2.75) is 38.4 Å². The van der Waals surface area contributed by atoms with Crippen molar-refractivity contribution >= 4 is 34.5 Å². The van der Waals surface area contributed by atoms with E-state index in [1.165, 1.54) is 4.90 Å². The Morgan fingerprint density at radius 2 is 2.00 bits per heavy atom. The maximum Gasteiger partial charge on any atom is 0.325 e. The third-order valence-electron chi connectivity index (χ3n) is 5.24. The standard InChI is InChI=1S/C19H23N7O3/c1-3-4-7-10-26-14-15(25(2)19(29)22-17(14)28)21-18(26)24-23-13-11-8-5-6-9-12(11)20-16(13)27/h5-6,8-9,14-15,20,27H,3-4,7,10H2,1-2H3,(H,22,28,29). The number of rotatable bonds is 5. The van der Waals surface area contributed by atoms with Crippen molar-refractivity contribution < 1.29 is 14.7 Å². The first-order valence-corrected chi connectivity index (χ1v) is 9.64. The Morgan fingerprint density at radius 1 is 1.21 bits per heavy atom. The minimum Gasteiger partial charge on any atom is -0.493 e. The molecule has 4 rings (SSSR count). The number of benzene rings is 1. The van der Waals surface area contributed by atoms with Crippen LogP contribution in [-0.2, 0) is 4.79 Å². The van der Waals surface area contributed by atoms with Gasteiger partial charge in [-0.25, -0.2) is 9.79 Å².